The van der Waals surface area contributed by atoms with Gasteiger partial charge in [-0.2, -0.15) is 0 Å². The van der Waals surface area contributed by atoms with Gasteiger partial charge in [-0.3, -0.25) is 4.79 Å². The molecular weight excluding hydrogens is 318 g/mol. The van der Waals surface area contributed by atoms with E-state index in [4.69, 9.17) is 9.72 Å². The number of nitrogens with zero attached hydrogens (tertiary/aromatic N) is 3. The third-order valence-corrected chi connectivity index (χ3v) is 5.24. The fourth-order valence-corrected chi connectivity index (χ4v) is 4.00. The van der Waals surface area contributed by atoms with Gasteiger partial charge in [-0.25, -0.2) is 4.98 Å². The maximum Gasteiger partial charge on any atom is 0.219 e. The van der Waals surface area contributed by atoms with Crippen molar-refractivity contribution in [2.24, 2.45) is 0 Å². The molecule has 4 rings (SSSR count). The van der Waals surface area contributed by atoms with Crippen molar-refractivity contribution in [1.29, 1.82) is 0 Å². The minimum atomic E-state index is -0.0509. The number of anilines is 1. The average molecular weight is 341 g/mol. The van der Waals surface area contributed by atoms with Crippen LogP contribution in [0, 0.1) is 0 Å². The molecule has 2 aliphatic rings. The molecule has 3 heterocycles. The maximum absolute atomic E-state index is 12.0. The number of aliphatic hydroxyl groups excluding tert-OH is 1. The Labute approximate surface area is 147 Å². The number of aromatic nitrogens is 1. The Kier molecular flexibility index (Phi) is 4.31. The van der Waals surface area contributed by atoms with E-state index in [2.05, 4.69) is 4.90 Å². The van der Waals surface area contributed by atoms with E-state index in [0.29, 0.717) is 19.7 Å². The zero-order chi connectivity index (χ0) is 17.4. The first-order valence-corrected chi connectivity index (χ1v) is 8.80. The average Bonchev–Trinajstić information content (AvgIpc) is 2.65. The van der Waals surface area contributed by atoms with Crippen molar-refractivity contribution < 1.29 is 14.6 Å². The summed E-state index contributed by atoms with van der Waals surface area (Å²) in [6.45, 7) is 4.31. The second-order valence-electron chi connectivity index (χ2n) is 6.75. The van der Waals surface area contributed by atoms with Crippen LogP contribution in [-0.2, 0) is 16.1 Å². The fraction of sp³-hybridized carbons (Fsp3) is 0.474. The van der Waals surface area contributed by atoms with Crippen LogP contribution in [0.3, 0.4) is 0 Å². The van der Waals surface area contributed by atoms with E-state index >= 15 is 0 Å². The largest absolute Gasteiger partial charge is 0.392 e. The standard InChI is InChI=1S/C19H23N3O3/c1-13(24)22-8-9-25-18-6-7-21(11-17(18)22)19-15(12-23)10-14-4-2-3-5-16(14)20-19/h2-5,10,17-18,23H,6-9,11-12H2,1H3. The van der Waals surface area contributed by atoms with Crippen molar-refractivity contribution in [1.82, 2.24) is 9.88 Å². The quantitative estimate of drug-likeness (QED) is 0.898. The van der Waals surface area contributed by atoms with Crippen LogP contribution in [0.5, 0.6) is 0 Å². The van der Waals surface area contributed by atoms with Gasteiger partial charge in [-0.1, -0.05) is 18.2 Å². The predicted molar refractivity (Wildman–Crippen MR) is 95.4 cm³/mol. The van der Waals surface area contributed by atoms with Gasteiger partial charge in [-0.15, -0.1) is 0 Å². The molecule has 132 valence electrons. The van der Waals surface area contributed by atoms with Crippen LogP contribution in [0.1, 0.15) is 18.9 Å². The van der Waals surface area contributed by atoms with Gasteiger partial charge in [0.05, 0.1) is 30.9 Å². The summed E-state index contributed by atoms with van der Waals surface area (Å²) in [5.74, 6) is 0.905. The van der Waals surface area contributed by atoms with Gasteiger partial charge >= 0.3 is 0 Å². The number of hydrogen-bond donors (Lipinski definition) is 1. The summed E-state index contributed by atoms with van der Waals surface area (Å²) in [7, 11) is 0. The summed E-state index contributed by atoms with van der Waals surface area (Å²) in [4.78, 5) is 20.9. The van der Waals surface area contributed by atoms with Gasteiger partial charge in [-0.05, 0) is 18.6 Å². The molecule has 0 aliphatic carbocycles. The number of benzene rings is 1. The van der Waals surface area contributed by atoms with Crippen LogP contribution in [0.15, 0.2) is 30.3 Å². The van der Waals surface area contributed by atoms with E-state index in [1.54, 1.807) is 6.92 Å². The smallest absolute Gasteiger partial charge is 0.219 e. The lowest BCUT2D eigenvalue weighted by Crippen LogP contribution is -2.61. The number of carbonyl (C=O) groups is 1. The Morgan fingerprint density at radius 3 is 3.00 bits per heavy atom. The first kappa shape index (κ1) is 16.3. The van der Waals surface area contributed by atoms with Crippen molar-refractivity contribution in [3.05, 3.63) is 35.9 Å². The van der Waals surface area contributed by atoms with Gasteiger partial charge in [0.2, 0.25) is 5.91 Å². The van der Waals surface area contributed by atoms with E-state index in [0.717, 1.165) is 35.2 Å². The minimum Gasteiger partial charge on any atom is -0.392 e. The molecule has 2 saturated heterocycles. The molecule has 2 aliphatic heterocycles. The highest BCUT2D eigenvalue weighted by Crippen LogP contribution is 2.30. The molecule has 6 nitrogen and oxygen atoms in total. The van der Waals surface area contributed by atoms with E-state index in [9.17, 15) is 9.90 Å². The van der Waals surface area contributed by atoms with Crippen LogP contribution < -0.4 is 4.90 Å². The van der Waals surface area contributed by atoms with Crippen molar-refractivity contribution in [3.63, 3.8) is 0 Å². The SMILES string of the molecule is CC(=O)N1CCOC2CCN(c3nc4ccccc4cc3CO)CC21. The summed E-state index contributed by atoms with van der Waals surface area (Å²) >= 11 is 0. The van der Waals surface area contributed by atoms with Gasteiger partial charge in [0, 0.05) is 37.5 Å². The lowest BCUT2D eigenvalue weighted by molar-refractivity contribution is -0.145. The molecule has 1 amide bonds. The number of rotatable bonds is 2. The molecule has 6 heteroatoms. The Morgan fingerprint density at radius 2 is 2.20 bits per heavy atom. The second-order valence-corrected chi connectivity index (χ2v) is 6.75. The number of ether oxygens (including phenoxy) is 1. The molecule has 0 bridgehead atoms. The number of para-hydroxylation sites is 1. The van der Waals surface area contributed by atoms with Crippen LogP contribution >= 0.6 is 0 Å². The monoisotopic (exact) mass is 341 g/mol. The number of piperidine rings is 1. The summed E-state index contributed by atoms with van der Waals surface area (Å²) in [5, 5.41) is 10.8. The van der Waals surface area contributed by atoms with E-state index in [1.165, 1.54) is 0 Å². The predicted octanol–water partition coefficient (Wildman–Crippen LogP) is 1.55. The maximum atomic E-state index is 12.0. The molecule has 0 radical (unpaired) electrons. The van der Waals surface area contributed by atoms with Crippen molar-refractivity contribution in [3.8, 4) is 0 Å². The highest BCUT2D eigenvalue weighted by Gasteiger charge is 2.39. The number of hydrogen-bond acceptors (Lipinski definition) is 5. The third-order valence-electron chi connectivity index (χ3n) is 5.24. The molecule has 2 unspecified atom stereocenters. The Morgan fingerprint density at radius 1 is 1.36 bits per heavy atom. The lowest BCUT2D eigenvalue weighted by atomic mass is 9.98. The van der Waals surface area contributed by atoms with Crippen LogP contribution in [-0.4, -0.2) is 59.3 Å². The minimum absolute atomic E-state index is 0.0415. The Hall–Kier alpha value is -2.18. The van der Waals surface area contributed by atoms with Crippen molar-refractivity contribution in [2.75, 3.05) is 31.1 Å². The molecule has 0 saturated carbocycles. The van der Waals surface area contributed by atoms with Gasteiger partial charge in [0.15, 0.2) is 0 Å². The van der Waals surface area contributed by atoms with Gasteiger partial charge in [0.1, 0.15) is 5.82 Å². The number of fused-ring (bicyclic) bond motifs is 2. The zero-order valence-corrected chi connectivity index (χ0v) is 14.4. The fourth-order valence-electron chi connectivity index (χ4n) is 4.00. The van der Waals surface area contributed by atoms with Crippen molar-refractivity contribution >= 4 is 22.6 Å². The first-order chi connectivity index (χ1) is 12.2. The van der Waals surface area contributed by atoms with Crippen LogP contribution in [0.25, 0.3) is 10.9 Å². The normalized spacial score (nSPS) is 23.6. The highest BCUT2D eigenvalue weighted by atomic mass is 16.5. The van der Waals surface area contributed by atoms with E-state index in [-0.39, 0.29) is 24.7 Å². The third kappa shape index (κ3) is 2.96. The number of aliphatic hydroxyl groups is 1. The number of amides is 1. The first-order valence-electron chi connectivity index (χ1n) is 8.80. The lowest BCUT2D eigenvalue weighted by Gasteiger charge is -2.47. The summed E-state index contributed by atoms with van der Waals surface area (Å²) in [6, 6.07) is 9.98. The highest BCUT2D eigenvalue weighted by molar-refractivity contribution is 5.82. The van der Waals surface area contributed by atoms with E-state index < -0.39 is 0 Å². The summed E-state index contributed by atoms with van der Waals surface area (Å²) in [5.41, 5.74) is 1.74. The molecule has 25 heavy (non-hydrogen) atoms. The molecule has 1 aromatic heterocycles. The number of carbonyl (C=O) groups excluding carboxylic acids is 1. The molecular formula is C19H23N3O3. The summed E-state index contributed by atoms with van der Waals surface area (Å²) in [6.07, 6.45) is 0.945. The van der Waals surface area contributed by atoms with E-state index in [1.807, 2.05) is 35.2 Å². The Bertz CT molecular complexity index is 795. The Balaban J connectivity index is 1.67. The van der Waals surface area contributed by atoms with Gasteiger partial charge in [0.25, 0.3) is 0 Å². The molecule has 2 fully saturated rings. The number of morpholine rings is 1. The van der Waals surface area contributed by atoms with Gasteiger partial charge < -0.3 is 19.6 Å². The summed E-state index contributed by atoms with van der Waals surface area (Å²) < 4.78 is 5.88. The van der Waals surface area contributed by atoms with Crippen LogP contribution in [0.4, 0.5) is 5.82 Å². The molecule has 2 aromatic rings. The molecule has 2 atom stereocenters. The number of pyridine rings is 1. The van der Waals surface area contributed by atoms with Crippen LogP contribution in [0.2, 0.25) is 0 Å². The molecule has 1 aromatic carbocycles. The molecule has 1 N–H and O–H groups in total. The van der Waals surface area contributed by atoms with Crippen molar-refractivity contribution in [2.45, 2.75) is 32.1 Å². The molecule has 0 spiro atoms. The zero-order valence-electron chi connectivity index (χ0n) is 14.4. The second kappa shape index (κ2) is 6.61. The topological polar surface area (TPSA) is 65.9 Å².